The van der Waals surface area contributed by atoms with Crippen LogP contribution < -0.4 is 5.73 Å². The van der Waals surface area contributed by atoms with Crippen LogP contribution in [0.1, 0.15) is 44.1 Å². The quantitative estimate of drug-likeness (QED) is 0.325. The van der Waals surface area contributed by atoms with Crippen molar-refractivity contribution in [2.24, 2.45) is 5.73 Å². The molecule has 11 heteroatoms. The second kappa shape index (κ2) is 12.3. The van der Waals surface area contributed by atoms with E-state index in [-0.39, 0.29) is 18.5 Å². The van der Waals surface area contributed by atoms with Crippen LogP contribution in [0, 0.1) is 0 Å². The fraction of sp³-hybridized carbons (Fsp3) is 0.333. The lowest BCUT2D eigenvalue weighted by molar-refractivity contribution is -0.138. The average molecular weight is 522 g/mol. The smallest absolute Gasteiger partial charge is 0.366 e. The van der Waals surface area contributed by atoms with E-state index in [4.69, 9.17) is 5.73 Å². The van der Waals surface area contributed by atoms with E-state index in [1.165, 1.54) is 0 Å². The number of rotatable bonds is 10. The molecule has 1 radical (unpaired) electrons. The normalized spacial score (nSPS) is 14.8. The molecule has 0 saturated carbocycles. The molecule has 2 aromatic carbocycles. The lowest BCUT2D eigenvalue weighted by atomic mass is 9.93. The van der Waals surface area contributed by atoms with Gasteiger partial charge in [0.15, 0.2) is 0 Å². The molecule has 1 fully saturated rings. The maximum atomic E-state index is 13.6. The minimum absolute atomic E-state index is 0.0450. The number of nitrogens with two attached hydrogens (primary N) is 1. The monoisotopic (exact) mass is 522 g/mol. The zero-order valence-electron chi connectivity index (χ0n) is 20.8. The van der Waals surface area contributed by atoms with Crippen LogP contribution in [-0.4, -0.2) is 65.4 Å². The number of hydrogen-bond acceptors (Lipinski definition) is 6. The molecule has 0 atom stereocenters. The first-order valence-corrected chi connectivity index (χ1v) is 12.3. The number of alkyl halides is 3. The Balaban J connectivity index is 1.41. The van der Waals surface area contributed by atoms with Crippen molar-refractivity contribution in [3.8, 4) is 0 Å². The molecule has 1 saturated heterocycles. The number of hydrogen-bond donors (Lipinski definition) is 1. The summed E-state index contributed by atoms with van der Waals surface area (Å²) in [5, 5.41) is 0. The third kappa shape index (κ3) is 7.49. The zero-order valence-corrected chi connectivity index (χ0v) is 20.8. The minimum atomic E-state index is -4.57. The number of piperazine rings is 1. The predicted octanol–water partition coefficient (Wildman–Crippen LogP) is 2.90. The molecule has 2 N–H and O–H groups in total. The van der Waals surface area contributed by atoms with Gasteiger partial charge in [0.05, 0.1) is 17.4 Å². The summed E-state index contributed by atoms with van der Waals surface area (Å²) in [6, 6.07) is 14.5. The molecule has 0 unspecified atom stereocenters. The number of halogens is 3. The molecule has 7 nitrogen and oxygen atoms in total. The van der Waals surface area contributed by atoms with Gasteiger partial charge in [-0.05, 0) is 41.7 Å². The van der Waals surface area contributed by atoms with Crippen molar-refractivity contribution in [2.45, 2.75) is 32.0 Å². The first kappa shape index (κ1) is 27.5. The average Bonchev–Trinajstić information content (AvgIpc) is 2.89. The zero-order chi connectivity index (χ0) is 27.1. The number of aromatic nitrogens is 2. The summed E-state index contributed by atoms with van der Waals surface area (Å²) in [4.78, 5) is 34.6. The summed E-state index contributed by atoms with van der Waals surface area (Å²) in [6.45, 7) is 4.12. The fourth-order valence-corrected chi connectivity index (χ4v) is 4.47. The lowest BCUT2D eigenvalue weighted by Gasteiger charge is -2.33. The topological polar surface area (TPSA) is 92.4 Å². The lowest BCUT2D eigenvalue weighted by Crippen LogP contribution is -2.47. The molecule has 38 heavy (non-hydrogen) atoms. The van der Waals surface area contributed by atoms with E-state index in [0.717, 1.165) is 56.2 Å². The van der Waals surface area contributed by atoms with Gasteiger partial charge in [-0.25, -0.2) is 9.97 Å². The van der Waals surface area contributed by atoms with Crippen LogP contribution in [0.3, 0.4) is 0 Å². The number of amides is 1. The largest absolute Gasteiger partial charge is 0.419 e. The van der Waals surface area contributed by atoms with Gasteiger partial charge in [0.1, 0.15) is 5.82 Å². The Morgan fingerprint density at radius 1 is 1.00 bits per heavy atom. The minimum Gasteiger partial charge on any atom is -0.366 e. The molecular weight excluding hydrogens is 494 g/mol. The molecule has 4 rings (SSSR count). The van der Waals surface area contributed by atoms with Gasteiger partial charge in [-0.2, -0.15) is 13.2 Å². The van der Waals surface area contributed by atoms with Gasteiger partial charge < -0.3 is 15.3 Å². The predicted molar refractivity (Wildman–Crippen MR) is 138 cm³/mol. The molecule has 0 bridgehead atoms. The van der Waals surface area contributed by atoms with Crippen molar-refractivity contribution in [1.29, 1.82) is 0 Å². The Bertz CT molecular complexity index is 1260. The number of aryl methyl sites for hydroxylation is 2. The Labute approximate surface area is 220 Å². The van der Waals surface area contributed by atoms with Crippen molar-refractivity contribution in [1.82, 2.24) is 19.7 Å². The maximum absolute atomic E-state index is 13.6. The van der Waals surface area contributed by atoms with E-state index in [2.05, 4.69) is 14.9 Å². The molecule has 3 aromatic rings. The Kier molecular flexibility index (Phi) is 8.91. The number of primary amides is 1. The summed E-state index contributed by atoms with van der Waals surface area (Å²) in [5.74, 6) is -0.275. The summed E-state index contributed by atoms with van der Waals surface area (Å²) in [7, 11) is 1.57. The van der Waals surface area contributed by atoms with Gasteiger partial charge in [0, 0.05) is 50.9 Å². The first-order valence-electron chi connectivity index (χ1n) is 12.3. The number of benzene rings is 2. The maximum Gasteiger partial charge on any atom is 0.419 e. The van der Waals surface area contributed by atoms with E-state index in [0.29, 0.717) is 23.4 Å². The van der Waals surface area contributed by atoms with Crippen molar-refractivity contribution in [3.05, 3.63) is 94.1 Å². The van der Waals surface area contributed by atoms with Crippen LogP contribution in [-0.2, 0) is 36.8 Å². The highest BCUT2D eigenvalue weighted by molar-refractivity contribution is 6.64. The van der Waals surface area contributed by atoms with Crippen LogP contribution in [0.25, 0.3) is 0 Å². The number of carbonyl (C=O) groups is 2. The standard InChI is InChI=1S/C27H28BF3N5O2/c29-27(30,31)23-16-33-25(34-24(23)9-8-19-2-1-3-22(14-19)26(32)38)15-20-4-6-21(7-5-20)17-35-10-12-36(13-11-35)28-18-37/h1-7,14,16,18H,8-13,15,17H2,(H2,32,38). The van der Waals surface area contributed by atoms with E-state index in [1.807, 2.05) is 29.1 Å². The van der Waals surface area contributed by atoms with E-state index in [1.54, 1.807) is 31.7 Å². The van der Waals surface area contributed by atoms with Crippen molar-refractivity contribution in [3.63, 3.8) is 0 Å². The Morgan fingerprint density at radius 3 is 2.37 bits per heavy atom. The third-order valence-electron chi connectivity index (χ3n) is 6.55. The van der Waals surface area contributed by atoms with Crippen LogP contribution in [0.5, 0.6) is 0 Å². The highest BCUT2D eigenvalue weighted by Gasteiger charge is 2.34. The van der Waals surface area contributed by atoms with E-state index >= 15 is 0 Å². The first-order chi connectivity index (χ1) is 18.2. The molecule has 2 heterocycles. The number of carbonyl (C=O) groups excluding carboxylic acids is 2. The van der Waals surface area contributed by atoms with Crippen LogP contribution in [0.4, 0.5) is 13.2 Å². The molecule has 1 aromatic heterocycles. The van der Waals surface area contributed by atoms with Gasteiger partial charge >= 0.3 is 6.18 Å². The molecule has 1 amide bonds. The SMILES string of the molecule is NC(=O)c1cccc(CCc2nc(Cc3ccc(CN4CCN([B]C=O)CC4)cc3)ncc2C(F)(F)F)c1. The van der Waals surface area contributed by atoms with Gasteiger partial charge in [-0.15, -0.1) is 0 Å². The van der Waals surface area contributed by atoms with Crippen molar-refractivity contribution in [2.75, 3.05) is 26.2 Å². The van der Waals surface area contributed by atoms with Gasteiger partial charge in [0.25, 0.3) is 7.41 Å². The van der Waals surface area contributed by atoms with Gasteiger partial charge in [-0.3, -0.25) is 9.69 Å². The Hall–Kier alpha value is -3.57. The number of nitrogens with zero attached hydrogens (tertiary/aromatic N) is 4. The van der Waals surface area contributed by atoms with Crippen LogP contribution in [0.2, 0.25) is 0 Å². The van der Waals surface area contributed by atoms with Crippen molar-refractivity contribution >= 4 is 19.5 Å². The van der Waals surface area contributed by atoms with Gasteiger partial charge in [-0.1, -0.05) is 36.4 Å². The van der Waals surface area contributed by atoms with Gasteiger partial charge in [0.2, 0.25) is 5.91 Å². The summed E-state index contributed by atoms with van der Waals surface area (Å²) in [5.41, 5.74) is 7.43. The molecule has 0 aliphatic carbocycles. The third-order valence-corrected chi connectivity index (χ3v) is 6.55. The molecule has 0 spiro atoms. The summed E-state index contributed by atoms with van der Waals surface area (Å²) < 4.78 is 40.9. The highest BCUT2D eigenvalue weighted by Crippen LogP contribution is 2.31. The molecule has 197 valence electrons. The van der Waals surface area contributed by atoms with Crippen LogP contribution in [0.15, 0.2) is 54.7 Å². The van der Waals surface area contributed by atoms with E-state index in [9.17, 15) is 22.8 Å². The summed E-state index contributed by atoms with van der Waals surface area (Å²) in [6.07, 6.45) is -2.28. The molecule has 1 aliphatic rings. The molecule has 1 aliphatic heterocycles. The summed E-state index contributed by atoms with van der Waals surface area (Å²) >= 11 is 0. The van der Waals surface area contributed by atoms with E-state index < -0.39 is 17.6 Å². The highest BCUT2D eigenvalue weighted by atomic mass is 19.4. The molecular formula is C27H28BF3N5O2. The second-order valence-electron chi connectivity index (χ2n) is 9.30. The Morgan fingerprint density at radius 2 is 1.71 bits per heavy atom. The fourth-order valence-electron chi connectivity index (χ4n) is 4.47. The van der Waals surface area contributed by atoms with Crippen molar-refractivity contribution < 1.29 is 22.8 Å². The second-order valence-corrected chi connectivity index (χ2v) is 9.30. The van der Waals surface area contributed by atoms with Crippen LogP contribution >= 0.6 is 0 Å².